The van der Waals surface area contributed by atoms with E-state index in [1.54, 1.807) is 32.0 Å². The zero-order valence-corrected chi connectivity index (χ0v) is 13.4. The van der Waals surface area contributed by atoms with E-state index in [2.05, 4.69) is 0 Å². The van der Waals surface area contributed by atoms with Gasteiger partial charge in [-0.05, 0) is 35.9 Å². The van der Waals surface area contributed by atoms with E-state index in [0.29, 0.717) is 10.8 Å². The molecule has 0 aliphatic heterocycles. The largest absolute Gasteiger partial charge is 0.352 e. The molecule has 0 radical (unpaired) electrons. The molecule has 2 nitrogen and oxygen atoms in total. The van der Waals surface area contributed by atoms with Gasteiger partial charge in [0.25, 0.3) is 0 Å². The van der Waals surface area contributed by atoms with Gasteiger partial charge < -0.3 is 9.47 Å². The number of thioether (sulfide) groups is 1. The Bertz CT molecular complexity index is 585. The van der Waals surface area contributed by atoms with Crippen molar-refractivity contribution in [1.82, 2.24) is 0 Å². The average molecular weight is 327 g/mol. The molecular formula is C16H16ClFO2S. The fourth-order valence-corrected chi connectivity index (χ4v) is 3.06. The fraction of sp³-hybridized carbons (Fsp3) is 0.250. The number of hydrogen-bond acceptors (Lipinski definition) is 3. The maximum absolute atomic E-state index is 13.2. The molecule has 0 heterocycles. The number of halogens is 2. The van der Waals surface area contributed by atoms with Crippen LogP contribution in [-0.4, -0.2) is 14.2 Å². The molecule has 0 fully saturated rings. The van der Waals surface area contributed by atoms with Crippen LogP contribution >= 0.6 is 23.4 Å². The van der Waals surface area contributed by atoms with Gasteiger partial charge >= 0.3 is 0 Å². The van der Waals surface area contributed by atoms with Crippen LogP contribution in [0.3, 0.4) is 0 Å². The highest BCUT2D eigenvalue weighted by Gasteiger charge is 2.08. The summed E-state index contributed by atoms with van der Waals surface area (Å²) >= 11 is 7.65. The summed E-state index contributed by atoms with van der Waals surface area (Å²) in [5.41, 5.74) is 1.74. The second-order valence-corrected chi connectivity index (χ2v) is 5.85. The van der Waals surface area contributed by atoms with Crippen molar-refractivity contribution in [3.8, 4) is 0 Å². The molecule has 0 unspecified atom stereocenters. The molecule has 0 saturated carbocycles. The Kier molecular flexibility index (Phi) is 6.06. The first kappa shape index (κ1) is 16.3. The molecule has 0 saturated heterocycles. The van der Waals surface area contributed by atoms with Gasteiger partial charge in [-0.2, -0.15) is 0 Å². The number of rotatable bonds is 6. The first-order chi connectivity index (χ1) is 10.1. The molecule has 0 atom stereocenters. The van der Waals surface area contributed by atoms with Gasteiger partial charge in [0.05, 0.1) is 0 Å². The highest BCUT2D eigenvalue weighted by molar-refractivity contribution is 7.98. The monoisotopic (exact) mass is 326 g/mol. The van der Waals surface area contributed by atoms with Crippen molar-refractivity contribution in [3.63, 3.8) is 0 Å². The van der Waals surface area contributed by atoms with Gasteiger partial charge in [-0.1, -0.05) is 23.7 Å². The lowest BCUT2D eigenvalue weighted by atomic mass is 10.2. The van der Waals surface area contributed by atoms with Crippen LogP contribution in [0, 0.1) is 5.82 Å². The van der Waals surface area contributed by atoms with Crippen LogP contribution in [0.5, 0.6) is 0 Å². The van der Waals surface area contributed by atoms with Crippen LogP contribution < -0.4 is 0 Å². The molecular weight excluding hydrogens is 311 g/mol. The molecule has 0 aromatic heterocycles. The third-order valence-corrected chi connectivity index (χ3v) is 4.41. The molecule has 0 aliphatic carbocycles. The molecule has 5 heteroatoms. The summed E-state index contributed by atoms with van der Waals surface area (Å²) in [5.74, 6) is 0.349. The van der Waals surface area contributed by atoms with E-state index >= 15 is 0 Å². The summed E-state index contributed by atoms with van der Waals surface area (Å²) < 4.78 is 23.6. The third-order valence-electron chi connectivity index (χ3n) is 2.98. The first-order valence-corrected chi connectivity index (χ1v) is 7.72. The van der Waals surface area contributed by atoms with Gasteiger partial charge in [-0.3, -0.25) is 0 Å². The van der Waals surface area contributed by atoms with Crippen LogP contribution in [0.25, 0.3) is 0 Å². The summed E-state index contributed by atoms with van der Waals surface area (Å²) in [6.45, 7) is 0. The van der Waals surface area contributed by atoms with Crippen LogP contribution in [-0.2, 0) is 15.2 Å². The highest BCUT2D eigenvalue weighted by Crippen LogP contribution is 2.28. The SMILES string of the molecule is COC(OC)c1ccc(SCc2cc(F)ccc2Cl)cc1. The molecule has 0 amide bonds. The summed E-state index contributed by atoms with van der Waals surface area (Å²) in [6, 6.07) is 12.3. The van der Waals surface area contributed by atoms with Gasteiger partial charge in [0.15, 0.2) is 6.29 Å². The van der Waals surface area contributed by atoms with Crippen molar-refractivity contribution in [3.05, 3.63) is 64.4 Å². The summed E-state index contributed by atoms with van der Waals surface area (Å²) in [6.07, 6.45) is -0.360. The van der Waals surface area contributed by atoms with Crippen molar-refractivity contribution >= 4 is 23.4 Å². The summed E-state index contributed by atoms with van der Waals surface area (Å²) in [5, 5.41) is 0.583. The third kappa shape index (κ3) is 4.45. The van der Waals surface area contributed by atoms with Gasteiger partial charge in [0.1, 0.15) is 5.82 Å². The summed E-state index contributed by atoms with van der Waals surface area (Å²) in [4.78, 5) is 1.07. The molecule has 2 aromatic carbocycles. The minimum Gasteiger partial charge on any atom is -0.352 e. The van der Waals surface area contributed by atoms with Crippen LogP contribution in [0.2, 0.25) is 5.02 Å². The molecule has 2 rings (SSSR count). The Morgan fingerprint density at radius 1 is 1.10 bits per heavy atom. The van der Waals surface area contributed by atoms with E-state index in [4.69, 9.17) is 21.1 Å². The lowest BCUT2D eigenvalue weighted by Gasteiger charge is -2.13. The van der Waals surface area contributed by atoms with Crippen LogP contribution in [0.4, 0.5) is 4.39 Å². The van der Waals surface area contributed by atoms with Gasteiger partial charge in [-0.15, -0.1) is 11.8 Å². The second kappa shape index (κ2) is 7.80. The molecule has 2 aromatic rings. The van der Waals surface area contributed by atoms with E-state index in [9.17, 15) is 4.39 Å². The Hall–Kier alpha value is -1.07. The zero-order valence-electron chi connectivity index (χ0n) is 11.8. The molecule has 0 N–H and O–H groups in total. The van der Waals surface area contributed by atoms with E-state index in [1.165, 1.54) is 12.1 Å². The Morgan fingerprint density at radius 3 is 2.38 bits per heavy atom. The molecule has 112 valence electrons. The predicted octanol–water partition coefficient (Wildman–Crippen LogP) is 5.06. The van der Waals surface area contributed by atoms with Gasteiger partial charge in [0.2, 0.25) is 0 Å². The van der Waals surface area contributed by atoms with Crippen molar-refractivity contribution in [2.45, 2.75) is 16.9 Å². The van der Waals surface area contributed by atoms with Crippen molar-refractivity contribution < 1.29 is 13.9 Å². The second-order valence-electron chi connectivity index (χ2n) is 4.40. The number of benzene rings is 2. The summed E-state index contributed by atoms with van der Waals surface area (Å²) in [7, 11) is 3.20. The highest BCUT2D eigenvalue weighted by atomic mass is 35.5. The number of hydrogen-bond donors (Lipinski definition) is 0. The van der Waals surface area contributed by atoms with Crippen molar-refractivity contribution in [2.24, 2.45) is 0 Å². The van der Waals surface area contributed by atoms with E-state index in [-0.39, 0.29) is 12.1 Å². The Balaban J connectivity index is 2.02. The molecule has 0 aliphatic rings. The van der Waals surface area contributed by atoms with Crippen molar-refractivity contribution in [2.75, 3.05) is 14.2 Å². The maximum atomic E-state index is 13.2. The standard InChI is InChI=1S/C16H16ClFO2S/c1-19-16(20-2)11-3-6-14(7-4-11)21-10-12-9-13(18)5-8-15(12)17/h3-9,16H,10H2,1-2H3. The normalized spacial score (nSPS) is 11.1. The number of methoxy groups -OCH3 is 2. The minimum atomic E-state index is -0.360. The van der Waals surface area contributed by atoms with Crippen LogP contribution in [0.1, 0.15) is 17.4 Å². The molecule has 21 heavy (non-hydrogen) atoms. The topological polar surface area (TPSA) is 18.5 Å². The van der Waals surface area contributed by atoms with E-state index in [1.807, 2.05) is 24.3 Å². The van der Waals surface area contributed by atoms with E-state index in [0.717, 1.165) is 16.0 Å². The lowest BCUT2D eigenvalue weighted by molar-refractivity contribution is -0.106. The maximum Gasteiger partial charge on any atom is 0.183 e. The minimum absolute atomic E-state index is 0.270. The smallest absolute Gasteiger partial charge is 0.183 e. The number of ether oxygens (including phenoxy) is 2. The molecule has 0 spiro atoms. The quantitative estimate of drug-likeness (QED) is 0.546. The molecule has 0 bridgehead atoms. The first-order valence-electron chi connectivity index (χ1n) is 6.36. The predicted molar refractivity (Wildman–Crippen MR) is 84.2 cm³/mol. The Labute approximate surface area is 133 Å². The van der Waals surface area contributed by atoms with Gasteiger partial charge in [-0.25, -0.2) is 4.39 Å². The lowest BCUT2D eigenvalue weighted by Crippen LogP contribution is -2.02. The average Bonchev–Trinajstić information content (AvgIpc) is 2.51. The van der Waals surface area contributed by atoms with Crippen molar-refractivity contribution in [1.29, 1.82) is 0 Å². The Morgan fingerprint density at radius 2 is 1.76 bits per heavy atom. The zero-order chi connectivity index (χ0) is 15.2. The van der Waals surface area contributed by atoms with E-state index < -0.39 is 0 Å². The van der Waals surface area contributed by atoms with Crippen LogP contribution in [0.15, 0.2) is 47.4 Å². The van der Waals surface area contributed by atoms with Gasteiger partial charge in [0, 0.05) is 35.5 Å². The fourth-order valence-electron chi connectivity index (χ4n) is 1.90.